The predicted molar refractivity (Wildman–Crippen MR) is 50.6 cm³/mol. The Bertz CT molecular complexity index is 388. The lowest BCUT2D eigenvalue weighted by Gasteiger charge is -2.27. The number of H-pyrrole nitrogens is 2. The second-order valence-electron chi connectivity index (χ2n) is 3.06. The van der Waals surface area contributed by atoms with Crippen LogP contribution in [-0.4, -0.2) is 41.1 Å². The lowest BCUT2D eigenvalue weighted by atomic mass is 10.4. The summed E-state index contributed by atoms with van der Waals surface area (Å²) < 4.78 is 0. The third-order valence-corrected chi connectivity index (χ3v) is 2.07. The number of hydrogen-bond acceptors (Lipinski definition) is 5. The fraction of sp³-hybridized carbons (Fsp3) is 0.571. The van der Waals surface area contributed by atoms with Gasteiger partial charge in [-0.2, -0.15) is 4.98 Å². The summed E-state index contributed by atoms with van der Waals surface area (Å²) in [5.41, 5.74) is -1.12. The molecule has 1 aliphatic rings. The van der Waals surface area contributed by atoms with E-state index in [2.05, 4.69) is 15.3 Å². The molecule has 0 aromatic carbocycles. The Balaban J connectivity index is 2.30. The van der Waals surface area contributed by atoms with Gasteiger partial charge in [-0.05, 0) is 0 Å². The molecule has 2 heterocycles. The van der Waals surface area contributed by atoms with Crippen LogP contribution in [0.15, 0.2) is 9.59 Å². The first kappa shape index (κ1) is 8.95. The van der Waals surface area contributed by atoms with Gasteiger partial charge in [-0.15, -0.1) is 0 Å². The number of hydrogen-bond donors (Lipinski definition) is 3. The van der Waals surface area contributed by atoms with Gasteiger partial charge < -0.3 is 10.2 Å². The van der Waals surface area contributed by atoms with Gasteiger partial charge in [0, 0.05) is 26.2 Å². The number of nitrogens with one attached hydrogen (secondary N) is 3. The number of aromatic nitrogens is 3. The number of nitrogens with zero attached hydrogens (tertiary/aromatic N) is 2. The first-order valence-corrected chi connectivity index (χ1v) is 4.42. The van der Waals surface area contributed by atoms with Crippen molar-refractivity contribution in [2.75, 3.05) is 31.1 Å². The molecular weight excluding hydrogens is 186 g/mol. The van der Waals surface area contributed by atoms with Crippen LogP contribution in [0.4, 0.5) is 5.95 Å². The van der Waals surface area contributed by atoms with Crippen molar-refractivity contribution in [2.24, 2.45) is 0 Å². The molecule has 0 spiro atoms. The molecule has 76 valence electrons. The molecule has 1 aromatic rings. The average Bonchev–Trinajstić information content (AvgIpc) is 2.18. The first-order valence-electron chi connectivity index (χ1n) is 4.42. The standard InChI is InChI=1S/C7H11N5O2/c13-6-9-5(10-7(14)11-6)12-3-1-8-2-4-12/h8H,1-4H2,(H2,9,10,11,13,14). The molecule has 3 N–H and O–H groups in total. The van der Waals surface area contributed by atoms with Crippen LogP contribution in [-0.2, 0) is 0 Å². The second kappa shape index (κ2) is 3.62. The first-order chi connectivity index (χ1) is 6.75. The van der Waals surface area contributed by atoms with Crippen molar-refractivity contribution in [3.8, 4) is 0 Å². The molecule has 1 aromatic heterocycles. The van der Waals surface area contributed by atoms with Gasteiger partial charge in [0.25, 0.3) is 0 Å². The van der Waals surface area contributed by atoms with Crippen LogP contribution in [0.5, 0.6) is 0 Å². The van der Waals surface area contributed by atoms with Gasteiger partial charge in [0.2, 0.25) is 5.95 Å². The van der Waals surface area contributed by atoms with Crippen molar-refractivity contribution in [2.45, 2.75) is 0 Å². The molecule has 0 unspecified atom stereocenters. The molecule has 0 bridgehead atoms. The Kier molecular flexibility index (Phi) is 2.32. The number of rotatable bonds is 1. The summed E-state index contributed by atoms with van der Waals surface area (Å²) in [6.07, 6.45) is 0. The van der Waals surface area contributed by atoms with E-state index in [9.17, 15) is 9.59 Å². The fourth-order valence-electron chi connectivity index (χ4n) is 1.41. The summed E-state index contributed by atoms with van der Waals surface area (Å²) >= 11 is 0. The van der Waals surface area contributed by atoms with E-state index in [1.54, 1.807) is 0 Å². The van der Waals surface area contributed by atoms with E-state index in [1.807, 2.05) is 9.88 Å². The van der Waals surface area contributed by atoms with Crippen molar-refractivity contribution in [3.63, 3.8) is 0 Å². The lowest BCUT2D eigenvalue weighted by Crippen LogP contribution is -2.45. The van der Waals surface area contributed by atoms with Crippen molar-refractivity contribution in [1.82, 2.24) is 20.3 Å². The maximum atomic E-state index is 11.0. The SMILES string of the molecule is O=c1nc(N2CCNCC2)[nH]c(=O)[nH]1. The molecule has 0 saturated carbocycles. The Labute approximate surface area is 79.2 Å². The van der Waals surface area contributed by atoms with Gasteiger partial charge in [-0.1, -0.05) is 0 Å². The molecule has 1 saturated heterocycles. The zero-order valence-corrected chi connectivity index (χ0v) is 7.54. The normalized spacial score (nSPS) is 17.0. The summed E-state index contributed by atoms with van der Waals surface area (Å²) in [7, 11) is 0. The predicted octanol–water partition coefficient (Wildman–Crippen LogP) is -2.13. The highest BCUT2D eigenvalue weighted by molar-refractivity contribution is 5.28. The molecule has 0 atom stereocenters. The topological polar surface area (TPSA) is 93.9 Å². The molecule has 7 heteroatoms. The maximum Gasteiger partial charge on any atom is 0.352 e. The minimum atomic E-state index is -0.609. The molecule has 0 aliphatic carbocycles. The summed E-state index contributed by atoms with van der Waals surface area (Å²) in [6, 6.07) is 0. The van der Waals surface area contributed by atoms with Crippen LogP contribution >= 0.6 is 0 Å². The largest absolute Gasteiger partial charge is 0.352 e. The van der Waals surface area contributed by atoms with E-state index in [0.717, 1.165) is 26.2 Å². The molecule has 0 radical (unpaired) electrons. The summed E-state index contributed by atoms with van der Waals surface area (Å²) in [4.78, 5) is 32.0. The van der Waals surface area contributed by atoms with Gasteiger partial charge in [-0.3, -0.25) is 9.97 Å². The highest BCUT2D eigenvalue weighted by Gasteiger charge is 2.12. The van der Waals surface area contributed by atoms with Crippen LogP contribution in [0.2, 0.25) is 0 Å². The van der Waals surface area contributed by atoms with E-state index >= 15 is 0 Å². The quantitative estimate of drug-likeness (QED) is 0.478. The van der Waals surface area contributed by atoms with E-state index in [0.29, 0.717) is 5.95 Å². The van der Waals surface area contributed by atoms with Crippen LogP contribution in [0.25, 0.3) is 0 Å². The minimum Gasteiger partial charge on any atom is -0.340 e. The Morgan fingerprint density at radius 2 is 1.86 bits per heavy atom. The van der Waals surface area contributed by atoms with E-state index in [-0.39, 0.29) is 0 Å². The van der Waals surface area contributed by atoms with Gasteiger partial charge in [-0.25, -0.2) is 9.59 Å². The third kappa shape index (κ3) is 1.82. The summed E-state index contributed by atoms with van der Waals surface area (Å²) in [6.45, 7) is 3.14. The molecule has 0 amide bonds. The highest BCUT2D eigenvalue weighted by Crippen LogP contribution is 2.01. The fourth-order valence-corrected chi connectivity index (χ4v) is 1.41. The van der Waals surface area contributed by atoms with Gasteiger partial charge in [0.1, 0.15) is 0 Å². The third-order valence-electron chi connectivity index (χ3n) is 2.07. The van der Waals surface area contributed by atoms with Crippen molar-refractivity contribution >= 4 is 5.95 Å². The summed E-state index contributed by atoms with van der Waals surface area (Å²) in [5.74, 6) is 0.347. The van der Waals surface area contributed by atoms with Crippen LogP contribution in [0.1, 0.15) is 0 Å². The molecular formula is C7H11N5O2. The molecule has 1 fully saturated rings. The zero-order chi connectivity index (χ0) is 9.97. The molecule has 1 aliphatic heterocycles. The van der Waals surface area contributed by atoms with Gasteiger partial charge in [0.05, 0.1) is 0 Å². The Hall–Kier alpha value is -1.63. The van der Waals surface area contributed by atoms with E-state index in [4.69, 9.17) is 0 Å². The van der Waals surface area contributed by atoms with Crippen molar-refractivity contribution in [3.05, 3.63) is 21.0 Å². The minimum absolute atomic E-state index is 0.347. The second-order valence-corrected chi connectivity index (χ2v) is 3.06. The number of aromatic amines is 2. The molecule has 7 nitrogen and oxygen atoms in total. The van der Waals surface area contributed by atoms with E-state index < -0.39 is 11.4 Å². The van der Waals surface area contributed by atoms with Crippen LogP contribution < -0.4 is 21.6 Å². The highest BCUT2D eigenvalue weighted by atomic mass is 16.2. The van der Waals surface area contributed by atoms with Crippen molar-refractivity contribution < 1.29 is 0 Å². The molecule has 14 heavy (non-hydrogen) atoms. The summed E-state index contributed by atoms with van der Waals surface area (Å²) in [5, 5.41) is 3.17. The lowest BCUT2D eigenvalue weighted by molar-refractivity contribution is 0.577. The van der Waals surface area contributed by atoms with Crippen molar-refractivity contribution in [1.29, 1.82) is 0 Å². The number of piperazine rings is 1. The van der Waals surface area contributed by atoms with Gasteiger partial charge >= 0.3 is 11.4 Å². The van der Waals surface area contributed by atoms with Gasteiger partial charge in [0.15, 0.2) is 0 Å². The van der Waals surface area contributed by atoms with E-state index in [1.165, 1.54) is 0 Å². The zero-order valence-electron chi connectivity index (χ0n) is 7.54. The van der Waals surface area contributed by atoms with Crippen LogP contribution in [0.3, 0.4) is 0 Å². The van der Waals surface area contributed by atoms with Crippen LogP contribution in [0, 0.1) is 0 Å². The Morgan fingerprint density at radius 3 is 2.50 bits per heavy atom. The monoisotopic (exact) mass is 197 g/mol. The average molecular weight is 197 g/mol. The molecule has 2 rings (SSSR count). The number of anilines is 1. The Morgan fingerprint density at radius 1 is 1.14 bits per heavy atom. The smallest absolute Gasteiger partial charge is 0.340 e. The maximum absolute atomic E-state index is 11.0.